The van der Waals surface area contributed by atoms with Crippen LogP contribution in [-0.4, -0.2) is 25.4 Å². The van der Waals surface area contributed by atoms with Crippen molar-refractivity contribution in [1.82, 2.24) is 10.6 Å². The Morgan fingerprint density at radius 3 is 2.58 bits per heavy atom. The predicted molar refractivity (Wildman–Crippen MR) is 78.9 cm³/mol. The van der Waals surface area contributed by atoms with Crippen molar-refractivity contribution in [2.45, 2.75) is 18.7 Å². The van der Waals surface area contributed by atoms with Crippen LogP contribution in [0.25, 0.3) is 0 Å². The summed E-state index contributed by atoms with van der Waals surface area (Å²) in [6.45, 7) is 3.73. The van der Waals surface area contributed by atoms with E-state index < -0.39 is 5.41 Å². The molecule has 0 aliphatic rings. The Bertz CT molecular complexity index is 503. The molecule has 19 heavy (non-hydrogen) atoms. The van der Waals surface area contributed by atoms with Crippen molar-refractivity contribution in [2.24, 2.45) is 5.41 Å². The van der Waals surface area contributed by atoms with E-state index in [9.17, 15) is 9.59 Å². The summed E-state index contributed by atoms with van der Waals surface area (Å²) in [4.78, 5) is 24.3. The molecule has 1 aromatic carbocycles. The van der Waals surface area contributed by atoms with Gasteiger partial charge in [0, 0.05) is 18.5 Å². The van der Waals surface area contributed by atoms with E-state index in [1.165, 1.54) is 0 Å². The van der Waals surface area contributed by atoms with Crippen molar-refractivity contribution in [3.8, 4) is 0 Å². The quantitative estimate of drug-likeness (QED) is 0.746. The minimum Gasteiger partial charge on any atom is -0.359 e. The number of halogens is 1. The highest BCUT2D eigenvalue weighted by Crippen LogP contribution is 2.20. The normalized spacial score (nSPS) is 11.0. The lowest BCUT2D eigenvalue weighted by molar-refractivity contribution is -0.128. The number of nitrogens with one attached hydrogen (secondary N) is 2. The van der Waals surface area contributed by atoms with Crippen LogP contribution in [0, 0.1) is 5.41 Å². The highest BCUT2D eigenvalue weighted by molar-refractivity contribution is 7.80. The van der Waals surface area contributed by atoms with Crippen LogP contribution in [0.15, 0.2) is 23.1 Å². The van der Waals surface area contributed by atoms with Gasteiger partial charge < -0.3 is 10.6 Å². The minimum absolute atomic E-state index is 0.137. The Labute approximate surface area is 123 Å². The van der Waals surface area contributed by atoms with Gasteiger partial charge in [-0.05, 0) is 32.0 Å². The van der Waals surface area contributed by atoms with Crippen LogP contribution in [0.2, 0.25) is 5.02 Å². The minimum atomic E-state index is -0.685. The van der Waals surface area contributed by atoms with Crippen molar-refractivity contribution >= 4 is 36.0 Å². The fraction of sp³-hybridized carbons (Fsp3) is 0.385. The summed E-state index contributed by atoms with van der Waals surface area (Å²) in [6, 6.07) is 4.91. The molecule has 1 rings (SSSR count). The van der Waals surface area contributed by atoms with Gasteiger partial charge in [-0.25, -0.2) is 0 Å². The summed E-state index contributed by atoms with van der Waals surface area (Å²) in [5.41, 5.74) is -0.336. The van der Waals surface area contributed by atoms with Gasteiger partial charge in [-0.1, -0.05) is 11.6 Å². The third-order valence-corrected chi connectivity index (χ3v) is 3.33. The average molecular weight is 301 g/mol. The summed E-state index contributed by atoms with van der Waals surface area (Å²) < 4.78 is 0. The lowest BCUT2D eigenvalue weighted by Gasteiger charge is -2.22. The van der Waals surface area contributed by atoms with Gasteiger partial charge in [-0.2, -0.15) is 0 Å². The van der Waals surface area contributed by atoms with Gasteiger partial charge in [-0.3, -0.25) is 9.59 Å². The van der Waals surface area contributed by atoms with Crippen molar-refractivity contribution in [1.29, 1.82) is 0 Å². The summed E-state index contributed by atoms with van der Waals surface area (Å²) in [6.07, 6.45) is 0. The molecule has 104 valence electrons. The number of carbonyl (C=O) groups excluding carboxylic acids is 2. The largest absolute Gasteiger partial charge is 0.359 e. The smallest absolute Gasteiger partial charge is 0.252 e. The maximum Gasteiger partial charge on any atom is 0.252 e. The second kappa shape index (κ2) is 6.30. The van der Waals surface area contributed by atoms with Crippen molar-refractivity contribution in [3.63, 3.8) is 0 Å². The molecular formula is C13H17ClN2O2S. The number of thiol groups is 1. The molecule has 0 heterocycles. The SMILES string of the molecule is CNC(=O)C(C)(C)CNC(=O)c1cc(S)ccc1Cl. The third-order valence-electron chi connectivity index (χ3n) is 2.73. The van der Waals surface area contributed by atoms with Gasteiger partial charge >= 0.3 is 0 Å². The van der Waals surface area contributed by atoms with E-state index in [0.29, 0.717) is 15.5 Å². The topological polar surface area (TPSA) is 58.2 Å². The average Bonchev–Trinajstić information content (AvgIpc) is 2.37. The Hall–Kier alpha value is -1.20. The molecule has 0 saturated heterocycles. The monoisotopic (exact) mass is 300 g/mol. The van der Waals surface area contributed by atoms with Crippen LogP contribution in [0.5, 0.6) is 0 Å². The summed E-state index contributed by atoms with van der Waals surface area (Å²) in [7, 11) is 1.56. The zero-order valence-corrected chi connectivity index (χ0v) is 12.7. The molecule has 0 spiro atoms. The fourth-order valence-electron chi connectivity index (χ4n) is 1.50. The number of rotatable bonds is 4. The fourth-order valence-corrected chi connectivity index (χ4v) is 1.91. The first-order chi connectivity index (χ1) is 8.77. The molecule has 0 bridgehead atoms. The number of amides is 2. The van der Waals surface area contributed by atoms with Gasteiger partial charge in [0.15, 0.2) is 0 Å². The molecule has 4 nitrogen and oxygen atoms in total. The Kier molecular flexibility index (Phi) is 5.26. The lowest BCUT2D eigenvalue weighted by Crippen LogP contribution is -2.43. The first kappa shape index (κ1) is 15.9. The van der Waals surface area contributed by atoms with E-state index in [-0.39, 0.29) is 18.4 Å². The van der Waals surface area contributed by atoms with E-state index in [2.05, 4.69) is 23.3 Å². The second-order valence-electron chi connectivity index (χ2n) is 4.81. The molecule has 0 fully saturated rings. The summed E-state index contributed by atoms with van der Waals surface area (Å²) in [5, 5.41) is 5.62. The van der Waals surface area contributed by atoms with Crippen molar-refractivity contribution < 1.29 is 9.59 Å². The number of hydrogen-bond acceptors (Lipinski definition) is 3. The Morgan fingerprint density at radius 2 is 2.00 bits per heavy atom. The summed E-state index contributed by atoms with van der Waals surface area (Å²) in [5.74, 6) is -0.459. The zero-order chi connectivity index (χ0) is 14.6. The second-order valence-corrected chi connectivity index (χ2v) is 5.73. The predicted octanol–water partition coefficient (Wildman–Crippen LogP) is 2.13. The third kappa shape index (κ3) is 4.14. The van der Waals surface area contributed by atoms with Crippen LogP contribution in [-0.2, 0) is 4.79 Å². The first-order valence-corrected chi connectivity index (χ1v) is 6.59. The van der Waals surface area contributed by atoms with Crippen LogP contribution in [0.4, 0.5) is 0 Å². The highest BCUT2D eigenvalue weighted by Gasteiger charge is 2.27. The first-order valence-electron chi connectivity index (χ1n) is 5.77. The number of benzene rings is 1. The van der Waals surface area contributed by atoms with Crippen molar-refractivity contribution in [2.75, 3.05) is 13.6 Å². The Balaban J connectivity index is 2.76. The van der Waals surface area contributed by atoms with Gasteiger partial charge in [0.1, 0.15) is 0 Å². The molecule has 0 radical (unpaired) electrons. The van der Waals surface area contributed by atoms with Crippen LogP contribution in [0.3, 0.4) is 0 Å². The van der Waals surface area contributed by atoms with Crippen LogP contribution < -0.4 is 10.6 Å². The van der Waals surface area contributed by atoms with Gasteiger partial charge in [0.2, 0.25) is 5.91 Å². The van der Waals surface area contributed by atoms with Crippen LogP contribution >= 0.6 is 24.2 Å². The molecule has 0 aliphatic carbocycles. The Morgan fingerprint density at radius 1 is 1.37 bits per heavy atom. The van der Waals surface area contributed by atoms with E-state index in [1.807, 2.05) is 0 Å². The van der Waals surface area contributed by atoms with Crippen LogP contribution in [0.1, 0.15) is 24.2 Å². The van der Waals surface area contributed by atoms with Gasteiger partial charge in [0.05, 0.1) is 16.0 Å². The van der Waals surface area contributed by atoms with E-state index in [0.717, 1.165) is 0 Å². The number of carbonyl (C=O) groups is 2. The molecule has 2 N–H and O–H groups in total. The maximum absolute atomic E-state index is 12.0. The van der Waals surface area contributed by atoms with E-state index in [4.69, 9.17) is 11.6 Å². The molecule has 0 atom stereocenters. The highest BCUT2D eigenvalue weighted by atomic mass is 35.5. The molecule has 0 aromatic heterocycles. The summed E-state index contributed by atoms with van der Waals surface area (Å²) >= 11 is 10.1. The molecule has 6 heteroatoms. The lowest BCUT2D eigenvalue weighted by atomic mass is 9.92. The standard InChI is InChI=1S/C13H17ClN2O2S/c1-13(2,12(18)15-3)7-16-11(17)9-6-8(19)4-5-10(9)14/h4-6,19H,7H2,1-3H3,(H,15,18)(H,16,17). The van der Waals surface area contributed by atoms with Gasteiger partial charge in [-0.15, -0.1) is 12.6 Å². The molecule has 0 unspecified atom stereocenters. The van der Waals surface area contributed by atoms with Gasteiger partial charge in [0.25, 0.3) is 5.91 Å². The van der Waals surface area contributed by atoms with E-state index >= 15 is 0 Å². The maximum atomic E-state index is 12.0. The molecule has 0 saturated carbocycles. The molecule has 2 amide bonds. The van der Waals surface area contributed by atoms with Crippen molar-refractivity contribution in [3.05, 3.63) is 28.8 Å². The number of hydrogen-bond donors (Lipinski definition) is 3. The molecule has 0 aliphatic heterocycles. The van der Waals surface area contributed by atoms with E-state index in [1.54, 1.807) is 39.1 Å². The molecular weight excluding hydrogens is 284 g/mol. The zero-order valence-electron chi connectivity index (χ0n) is 11.1. The molecule has 1 aromatic rings.